The zero-order chi connectivity index (χ0) is 18.3. The van der Waals surface area contributed by atoms with Crippen LogP contribution in [0.15, 0.2) is 29.2 Å². The molecule has 1 rings (SSSR count). The van der Waals surface area contributed by atoms with Gasteiger partial charge in [-0.2, -0.15) is 0 Å². The highest BCUT2D eigenvalue weighted by Crippen LogP contribution is 2.18. The first-order chi connectivity index (χ1) is 11.2. The summed E-state index contributed by atoms with van der Waals surface area (Å²) in [5, 5.41) is 11.8. The lowest BCUT2D eigenvalue weighted by atomic mass is 9.97. The predicted octanol–water partition coefficient (Wildman–Crippen LogP) is 2.35. The largest absolute Gasteiger partial charge is 0.481 e. The smallest absolute Gasteiger partial charge is 0.308 e. The van der Waals surface area contributed by atoms with E-state index < -0.39 is 27.6 Å². The number of carboxylic acid groups (broad SMARTS) is 1. The fourth-order valence-corrected chi connectivity index (χ4v) is 3.99. The summed E-state index contributed by atoms with van der Waals surface area (Å²) >= 11 is 0. The van der Waals surface area contributed by atoms with E-state index in [4.69, 9.17) is 0 Å². The Labute approximate surface area is 143 Å². The summed E-state index contributed by atoms with van der Waals surface area (Å²) in [6.07, 6.45) is 0.888. The number of carbonyl (C=O) groups is 2. The number of rotatable bonds is 9. The topological polar surface area (TPSA) is 101 Å². The van der Waals surface area contributed by atoms with Crippen LogP contribution in [0.1, 0.15) is 44.0 Å². The molecule has 24 heavy (non-hydrogen) atoms. The van der Waals surface area contributed by atoms with Gasteiger partial charge in [0.05, 0.1) is 22.1 Å². The van der Waals surface area contributed by atoms with Gasteiger partial charge in [0.25, 0.3) is 5.91 Å². The van der Waals surface area contributed by atoms with Crippen LogP contribution in [0.5, 0.6) is 0 Å². The molecule has 1 aromatic rings. The third kappa shape index (κ3) is 5.63. The Morgan fingerprint density at radius 2 is 1.83 bits per heavy atom. The average molecular weight is 355 g/mol. The van der Waals surface area contributed by atoms with Crippen molar-refractivity contribution in [3.63, 3.8) is 0 Å². The number of nitrogens with one attached hydrogen (secondary N) is 1. The Kier molecular flexibility index (Phi) is 7.41. The highest BCUT2D eigenvalue weighted by atomic mass is 32.2. The van der Waals surface area contributed by atoms with Crippen molar-refractivity contribution < 1.29 is 23.1 Å². The van der Waals surface area contributed by atoms with Crippen LogP contribution in [0.2, 0.25) is 0 Å². The number of carboxylic acids is 1. The van der Waals surface area contributed by atoms with Gasteiger partial charge in [-0.1, -0.05) is 32.9 Å². The zero-order valence-corrected chi connectivity index (χ0v) is 15.1. The third-order valence-corrected chi connectivity index (χ3v) is 5.53. The van der Waals surface area contributed by atoms with Gasteiger partial charge < -0.3 is 10.4 Å². The maximum atomic E-state index is 12.4. The van der Waals surface area contributed by atoms with E-state index >= 15 is 0 Å². The molecular formula is C17H25NO5S. The molecule has 0 spiro atoms. The molecule has 0 aliphatic carbocycles. The molecule has 6 nitrogen and oxygen atoms in total. The molecule has 1 amide bonds. The first-order valence-electron chi connectivity index (χ1n) is 8.01. The van der Waals surface area contributed by atoms with Gasteiger partial charge in [0.2, 0.25) is 0 Å². The number of hydrogen-bond acceptors (Lipinski definition) is 4. The quantitative estimate of drug-likeness (QED) is 0.708. The summed E-state index contributed by atoms with van der Waals surface area (Å²) < 4.78 is 24.6. The minimum atomic E-state index is -3.54. The summed E-state index contributed by atoms with van der Waals surface area (Å²) in [7, 11) is -3.54. The van der Waals surface area contributed by atoms with Crippen LogP contribution >= 0.6 is 0 Å². The molecule has 0 saturated carbocycles. The molecule has 2 N–H and O–H groups in total. The van der Waals surface area contributed by atoms with Crippen molar-refractivity contribution in [2.45, 2.75) is 38.5 Å². The zero-order valence-electron chi connectivity index (χ0n) is 14.3. The van der Waals surface area contributed by atoms with Crippen molar-refractivity contribution in [1.29, 1.82) is 0 Å². The molecule has 0 aromatic heterocycles. The maximum absolute atomic E-state index is 12.4. The van der Waals surface area contributed by atoms with Crippen molar-refractivity contribution in [3.05, 3.63) is 29.8 Å². The lowest BCUT2D eigenvalue weighted by Crippen LogP contribution is -2.34. The van der Waals surface area contributed by atoms with E-state index in [0.717, 1.165) is 0 Å². The normalized spacial score (nSPS) is 12.8. The summed E-state index contributed by atoms with van der Waals surface area (Å²) in [5.74, 6) is -2.10. The van der Waals surface area contributed by atoms with Gasteiger partial charge in [-0.15, -0.1) is 0 Å². The van der Waals surface area contributed by atoms with Crippen LogP contribution in [-0.4, -0.2) is 37.7 Å². The van der Waals surface area contributed by atoms with Crippen LogP contribution < -0.4 is 5.32 Å². The number of carbonyl (C=O) groups excluding carboxylic acids is 1. The Bertz CT molecular complexity index is 682. The van der Waals surface area contributed by atoms with E-state index in [1.54, 1.807) is 19.1 Å². The lowest BCUT2D eigenvalue weighted by molar-refractivity contribution is -0.142. The number of aliphatic carboxylic acids is 1. The molecule has 1 unspecified atom stereocenters. The Hall–Kier alpha value is -1.89. The molecular weight excluding hydrogens is 330 g/mol. The fourth-order valence-electron chi connectivity index (χ4n) is 2.46. The van der Waals surface area contributed by atoms with Crippen LogP contribution in [-0.2, 0) is 14.6 Å². The second-order valence-corrected chi connectivity index (χ2v) is 8.27. The van der Waals surface area contributed by atoms with Crippen molar-refractivity contribution in [3.8, 4) is 0 Å². The van der Waals surface area contributed by atoms with Crippen molar-refractivity contribution in [2.75, 3.05) is 12.3 Å². The second-order valence-electron chi connectivity index (χ2n) is 6.19. The maximum Gasteiger partial charge on any atom is 0.308 e. The van der Waals surface area contributed by atoms with Gasteiger partial charge >= 0.3 is 5.97 Å². The van der Waals surface area contributed by atoms with E-state index in [9.17, 15) is 23.1 Å². The van der Waals surface area contributed by atoms with Gasteiger partial charge in [0.1, 0.15) is 0 Å². The van der Waals surface area contributed by atoms with E-state index in [-0.39, 0.29) is 28.7 Å². The SMILES string of the molecule is CCCS(=O)(=O)c1ccccc1C(=O)NCC(CC(C)C)C(=O)O. The van der Waals surface area contributed by atoms with E-state index in [2.05, 4.69) is 5.32 Å². The van der Waals surface area contributed by atoms with Gasteiger partial charge in [0.15, 0.2) is 9.84 Å². The molecule has 0 saturated heterocycles. The molecule has 0 heterocycles. The monoisotopic (exact) mass is 355 g/mol. The van der Waals surface area contributed by atoms with Crippen molar-refractivity contribution in [2.24, 2.45) is 11.8 Å². The minimum Gasteiger partial charge on any atom is -0.481 e. The summed E-state index contributed by atoms with van der Waals surface area (Å²) in [6.45, 7) is 5.53. The second kappa shape index (κ2) is 8.82. The van der Waals surface area contributed by atoms with E-state index in [1.807, 2.05) is 13.8 Å². The van der Waals surface area contributed by atoms with Gasteiger partial charge in [-0.25, -0.2) is 8.42 Å². The minimum absolute atomic E-state index is 0.0138. The molecule has 0 fully saturated rings. The molecule has 7 heteroatoms. The van der Waals surface area contributed by atoms with Crippen molar-refractivity contribution in [1.82, 2.24) is 5.32 Å². The Balaban J connectivity index is 2.95. The lowest BCUT2D eigenvalue weighted by Gasteiger charge is -2.16. The Morgan fingerprint density at radius 3 is 2.38 bits per heavy atom. The third-order valence-electron chi connectivity index (χ3n) is 3.55. The number of amides is 1. The van der Waals surface area contributed by atoms with E-state index in [0.29, 0.717) is 12.8 Å². The molecule has 0 aliphatic rings. The highest BCUT2D eigenvalue weighted by molar-refractivity contribution is 7.91. The van der Waals surface area contributed by atoms with Gasteiger partial charge in [-0.05, 0) is 30.9 Å². The molecule has 0 aliphatic heterocycles. The molecule has 134 valence electrons. The molecule has 1 atom stereocenters. The predicted molar refractivity (Wildman–Crippen MR) is 91.7 cm³/mol. The van der Waals surface area contributed by atoms with Gasteiger partial charge in [0, 0.05) is 6.54 Å². The first-order valence-corrected chi connectivity index (χ1v) is 9.67. The summed E-state index contributed by atoms with van der Waals surface area (Å²) in [6, 6.07) is 6.00. The van der Waals surface area contributed by atoms with Crippen molar-refractivity contribution >= 4 is 21.7 Å². The van der Waals surface area contributed by atoms with Crippen LogP contribution in [0.25, 0.3) is 0 Å². The standard InChI is InChI=1S/C17H25NO5S/c1-4-9-24(22,23)15-8-6-5-7-14(15)16(19)18-11-13(17(20)21)10-12(2)3/h5-8,12-13H,4,9-11H2,1-3H3,(H,18,19)(H,20,21). The average Bonchev–Trinajstić information content (AvgIpc) is 2.50. The number of sulfone groups is 1. The van der Waals surface area contributed by atoms with Crippen LogP contribution in [0.4, 0.5) is 0 Å². The molecule has 0 radical (unpaired) electrons. The van der Waals surface area contributed by atoms with E-state index in [1.165, 1.54) is 12.1 Å². The van der Waals surface area contributed by atoms with Crippen LogP contribution in [0, 0.1) is 11.8 Å². The summed E-state index contributed by atoms with van der Waals surface area (Å²) in [4.78, 5) is 23.6. The van der Waals surface area contributed by atoms with Gasteiger partial charge in [-0.3, -0.25) is 9.59 Å². The first kappa shape index (κ1) is 20.2. The number of benzene rings is 1. The molecule has 1 aromatic carbocycles. The Morgan fingerprint density at radius 1 is 1.21 bits per heavy atom. The molecule has 0 bridgehead atoms. The summed E-state index contributed by atoms with van der Waals surface area (Å²) in [5.41, 5.74) is 0.0552. The number of hydrogen-bond donors (Lipinski definition) is 2. The fraction of sp³-hybridized carbons (Fsp3) is 0.529. The highest BCUT2D eigenvalue weighted by Gasteiger charge is 2.24. The van der Waals surface area contributed by atoms with Crippen LogP contribution in [0.3, 0.4) is 0 Å².